The van der Waals surface area contributed by atoms with E-state index in [1.807, 2.05) is 0 Å². The highest BCUT2D eigenvalue weighted by atomic mass is 19.1. The molecule has 0 unspecified atom stereocenters. The monoisotopic (exact) mass is 130 g/mol. The molecule has 2 saturated carbocycles. The van der Waals surface area contributed by atoms with Gasteiger partial charge in [0.05, 0.1) is 6.10 Å². The molecule has 52 valence electrons. The molecule has 0 heterocycles. The van der Waals surface area contributed by atoms with Gasteiger partial charge < -0.3 is 5.11 Å². The molecule has 2 aliphatic carbocycles. The third-order valence-electron chi connectivity index (χ3n) is 2.77. The number of halogens is 1. The zero-order valence-corrected chi connectivity index (χ0v) is 5.26. The van der Waals surface area contributed by atoms with Crippen molar-refractivity contribution in [1.29, 1.82) is 0 Å². The summed E-state index contributed by atoms with van der Waals surface area (Å²) >= 11 is 0. The summed E-state index contributed by atoms with van der Waals surface area (Å²) in [6.45, 7) is 0. The second kappa shape index (κ2) is 1.69. The predicted molar refractivity (Wildman–Crippen MR) is 31.7 cm³/mol. The summed E-state index contributed by atoms with van der Waals surface area (Å²) in [6, 6.07) is 0. The minimum atomic E-state index is -0.681. The van der Waals surface area contributed by atoms with Crippen LogP contribution in [0.4, 0.5) is 4.39 Å². The summed E-state index contributed by atoms with van der Waals surface area (Å²) in [7, 11) is 0. The van der Waals surface area contributed by atoms with Crippen molar-refractivity contribution in [3.05, 3.63) is 0 Å². The smallest absolute Gasteiger partial charge is 0.108 e. The Labute approximate surface area is 53.9 Å². The Hall–Kier alpha value is -0.110. The highest BCUT2D eigenvalue weighted by Crippen LogP contribution is 2.46. The standard InChI is InChI=1S/C7H11FO/c8-7-4-1-2-5(7)6(9)3-4/h4-7,9H,1-3H2/t4-,5+,6-,7+/m0/s1. The van der Waals surface area contributed by atoms with Crippen molar-refractivity contribution in [3.63, 3.8) is 0 Å². The third kappa shape index (κ3) is 0.627. The highest BCUT2D eigenvalue weighted by Gasteiger charge is 2.47. The van der Waals surface area contributed by atoms with Gasteiger partial charge in [-0.05, 0) is 25.2 Å². The molecule has 2 aliphatic rings. The van der Waals surface area contributed by atoms with Crippen LogP contribution in [0.25, 0.3) is 0 Å². The number of alkyl halides is 1. The van der Waals surface area contributed by atoms with Crippen LogP contribution in [-0.4, -0.2) is 17.4 Å². The first kappa shape index (κ1) is 5.66. The molecule has 0 aromatic heterocycles. The zero-order valence-electron chi connectivity index (χ0n) is 5.26. The van der Waals surface area contributed by atoms with E-state index in [0.717, 1.165) is 12.8 Å². The molecule has 2 rings (SSSR count). The minimum absolute atomic E-state index is 0.00463. The Morgan fingerprint density at radius 1 is 1.33 bits per heavy atom. The van der Waals surface area contributed by atoms with Crippen molar-refractivity contribution >= 4 is 0 Å². The van der Waals surface area contributed by atoms with Crippen LogP contribution in [0.15, 0.2) is 0 Å². The zero-order chi connectivity index (χ0) is 6.43. The van der Waals surface area contributed by atoms with Crippen molar-refractivity contribution in [3.8, 4) is 0 Å². The molecule has 2 bridgehead atoms. The molecular weight excluding hydrogens is 119 g/mol. The predicted octanol–water partition coefficient (Wildman–Crippen LogP) is 1.12. The second-order valence-corrected chi connectivity index (χ2v) is 3.25. The average molecular weight is 130 g/mol. The molecule has 0 radical (unpaired) electrons. The van der Waals surface area contributed by atoms with Crippen LogP contribution in [0.2, 0.25) is 0 Å². The second-order valence-electron chi connectivity index (χ2n) is 3.25. The maximum atomic E-state index is 12.9. The number of hydrogen-bond donors (Lipinski definition) is 1. The van der Waals surface area contributed by atoms with E-state index in [9.17, 15) is 4.39 Å². The lowest BCUT2D eigenvalue weighted by Crippen LogP contribution is -2.17. The lowest BCUT2D eigenvalue weighted by atomic mass is 9.98. The molecule has 0 aromatic carbocycles. The molecule has 2 fully saturated rings. The lowest BCUT2D eigenvalue weighted by molar-refractivity contribution is 0.101. The molecule has 2 heteroatoms. The Morgan fingerprint density at radius 2 is 2.11 bits per heavy atom. The van der Waals surface area contributed by atoms with Gasteiger partial charge in [0.1, 0.15) is 6.17 Å². The average Bonchev–Trinajstić information content (AvgIpc) is 2.25. The van der Waals surface area contributed by atoms with Crippen LogP contribution >= 0.6 is 0 Å². The van der Waals surface area contributed by atoms with Gasteiger partial charge in [0, 0.05) is 5.92 Å². The summed E-state index contributed by atoms with van der Waals surface area (Å²) in [6.07, 6.45) is 1.63. The van der Waals surface area contributed by atoms with E-state index in [4.69, 9.17) is 5.11 Å². The number of rotatable bonds is 0. The van der Waals surface area contributed by atoms with Gasteiger partial charge in [0.25, 0.3) is 0 Å². The molecule has 1 nitrogen and oxygen atoms in total. The van der Waals surface area contributed by atoms with Gasteiger partial charge in [-0.2, -0.15) is 0 Å². The molecule has 0 spiro atoms. The molecule has 0 aromatic rings. The molecular formula is C7H11FO. The van der Waals surface area contributed by atoms with Crippen LogP contribution < -0.4 is 0 Å². The van der Waals surface area contributed by atoms with Crippen LogP contribution in [0, 0.1) is 11.8 Å². The first-order chi connectivity index (χ1) is 4.29. The van der Waals surface area contributed by atoms with Gasteiger partial charge in [-0.15, -0.1) is 0 Å². The Kier molecular flexibility index (Phi) is 1.06. The van der Waals surface area contributed by atoms with E-state index in [2.05, 4.69) is 0 Å². The quantitative estimate of drug-likeness (QED) is 0.521. The van der Waals surface area contributed by atoms with Gasteiger partial charge in [-0.1, -0.05) is 0 Å². The minimum Gasteiger partial charge on any atom is -0.393 e. The number of aliphatic hydroxyl groups is 1. The lowest BCUT2D eigenvalue weighted by Gasteiger charge is -2.13. The van der Waals surface area contributed by atoms with Gasteiger partial charge >= 0.3 is 0 Å². The Balaban J connectivity index is 2.16. The molecule has 0 saturated heterocycles. The fourth-order valence-electron chi connectivity index (χ4n) is 2.21. The van der Waals surface area contributed by atoms with Crippen molar-refractivity contribution in [1.82, 2.24) is 0 Å². The topological polar surface area (TPSA) is 20.2 Å². The molecule has 9 heavy (non-hydrogen) atoms. The molecule has 4 atom stereocenters. The van der Waals surface area contributed by atoms with Crippen LogP contribution in [0.1, 0.15) is 19.3 Å². The number of aliphatic hydroxyl groups excluding tert-OH is 1. The molecule has 0 aliphatic heterocycles. The Morgan fingerprint density at radius 3 is 2.33 bits per heavy atom. The van der Waals surface area contributed by atoms with E-state index < -0.39 is 6.17 Å². The number of fused-ring (bicyclic) bond motifs is 2. The van der Waals surface area contributed by atoms with Crippen LogP contribution in [0.5, 0.6) is 0 Å². The van der Waals surface area contributed by atoms with Gasteiger partial charge in [0.2, 0.25) is 0 Å². The largest absolute Gasteiger partial charge is 0.393 e. The third-order valence-corrected chi connectivity index (χ3v) is 2.77. The fourth-order valence-corrected chi connectivity index (χ4v) is 2.21. The maximum Gasteiger partial charge on any atom is 0.108 e. The Bertz CT molecular complexity index is 126. The van der Waals surface area contributed by atoms with Crippen molar-refractivity contribution in [2.75, 3.05) is 0 Å². The SMILES string of the molecule is O[C@H]1C[C@@H]2CC[C@H]1[C@@H]2F. The summed E-state index contributed by atoms with van der Waals surface area (Å²) < 4.78 is 12.9. The first-order valence-electron chi connectivity index (χ1n) is 3.61. The maximum absolute atomic E-state index is 12.9. The fraction of sp³-hybridized carbons (Fsp3) is 1.00. The highest BCUT2D eigenvalue weighted by molar-refractivity contribution is 4.97. The van der Waals surface area contributed by atoms with Crippen LogP contribution in [-0.2, 0) is 0 Å². The van der Waals surface area contributed by atoms with E-state index in [1.54, 1.807) is 0 Å². The van der Waals surface area contributed by atoms with E-state index in [0.29, 0.717) is 6.42 Å². The van der Waals surface area contributed by atoms with Gasteiger partial charge in [0.15, 0.2) is 0 Å². The van der Waals surface area contributed by atoms with Crippen molar-refractivity contribution in [2.24, 2.45) is 11.8 Å². The molecule has 1 N–H and O–H groups in total. The first-order valence-corrected chi connectivity index (χ1v) is 3.61. The van der Waals surface area contributed by atoms with E-state index in [1.165, 1.54) is 0 Å². The summed E-state index contributed by atoms with van der Waals surface area (Å²) in [5.74, 6) is 0.194. The van der Waals surface area contributed by atoms with Gasteiger partial charge in [-0.25, -0.2) is 4.39 Å². The van der Waals surface area contributed by atoms with Gasteiger partial charge in [-0.3, -0.25) is 0 Å². The normalized spacial score (nSPS) is 56.7. The van der Waals surface area contributed by atoms with Crippen molar-refractivity contribution < 1.29 is 9.50 Å². The molecule has 0 amide bonds. The van der Waals surface area contributed by atoms with Crippen LogP contribution in [0.3, 0.4) is 0 Å². The van der Waals surface area contributed by atoms with E-state index in [-0.39, 0.29) is 17.9 Å². The summed E-state index contributed by atoms with van der Waals surface area (Å²) in [5, 5.41) is 9.15. The summed E-state index contributed by atoms with van der Waals surface area (Å²) in [4.78, 5) is 0. The van der Waals surface area contributed by atoms with Crippen molar-refractivity contribution in [2.45, 2.75) is 31.5 Å². The number of hydrogen-bond acceptors (Lipinski definition) is 1. The summed E-state index contributed by atoms with van der Waals surface area (Å²) in [5.41, 5.74) is 0. The van der Waals surface area contributed by atoms with E-state index >= 15 is 0 Å².